The molecule has 1 aromatic rings. The van der Waals surface area contributed by atoms with E-state index in [1.54, 1.807) is 13.1 Å². The van der Waals surface area contributed by atoms with Gasteiger partial charge in [0.25, 0.3) is 0 Å². The van der Waals surface area contributed by atoms with Gasteiger partial charge in [-0.1, -0.05) is 5.16 Å². The molecule has 0 unspecified atom stereocenters. The third-order valence-corrected chi connectivity index (χ3v) is 3.68. The SMILES string of the molecule is CN=C(NCc1ccon1)NC1CCC(C(F)(F)F)CC1.I. The van der Waals surface area contributed by atoms with Crippen molar-refractivity contribution in [3.63, 3.8) is 0 Å². The molecule has 2 rings (SSSR count). The van der Waals surface area contributed by atoms with E-state index in [2.05, 4.69) is 20.8 Å². The van der Waals surface area contributed by atoms with E-state index in [0.29, 0.717) is 25.3 Å². The summed E-state index contributed by atoms with van der Waals surface area (Å²) in [5.74, 6) is -0.603. The lowest BCUT2D eigenvalue weighted by Crippen LogP contribution is -2.45. The lowest BCUT2D eigenvalue weighted by molar-refractivity contribution is -0.182. The van der Waals surface area contributed by atoms with Gasteiger partial charge in [0, 0.05) is 19.2 Å². The van der Waals surface area contributed by atoms with Crippen molar-refractivity contribution in [1.82, 2.24) is 15.8 Å². The Morgan fingerprint density at radius 1 is 1.36 bits per heavy atom. The van der Waals surface area contributed by atoms with Gasteiger partial charge in [-0.15, -0.1) is 24.0 Å². The highest BCUT2D eigenvalue weighted by Crippen LogP contribution is 2.37. The molecule has 9 heteroatoms. The Labute approximate surface area is 144 Å². The molecule has 22 heavy (non-hydrogen) atoms. The number of aromatic nitrogens is 1. The molecule has 0 bridgehead atoms. The van der Waals surface area contributed by atoms with Crippen LogP contribution in [-0.2, 0) is 6.54 Å². The van der Waals surface area contributed by atoms with Crippen molar-refractivity contribution in [1.29, 1.82) is 0 Å². The lowest BCUT2D eigenvalue weighted by atomic mass is 9.85. The second-order valence-corrected chi connectivity index (χ2v) is 5.15. The summed E-state index contributed by atoms with van der Waals surface area (Å²) < 4.78 is 42.5. The molecule has 126 valence electrons. The van der Waals surface area contributed by atoms with Crippen LogP contribution in [0.15, 0.2) is 21.8 Å². The minimum atomic E-state index is -4.07. The summed E-state index contributed by atoms with van der Waals surface area (Å²) in [7, 11) is 1.62. The fraction of sp³-hybridized carbons (Fsp3) is 0.692. The quantitative estimate of drug-likeness (QED) is 0.438. The van der Waals surface area contributed by atoms with E-state index < -0.39 is 12.1 Å². The summed E-state index contributed by atoms with van der Waals surface area (Å²) in [6.45, 7) is 0.452. The number of hydrogen-bond donors (Lipinski definition) is 2. The van der Waals surface area contributed by atoms with Crippen LogP contribution in [0.3, 0.4) is 0 Å². The molecule has 5 nitrogen and oxygen atoms in total. The van der Waals surface area contributed by atoms with Crippen LogP contribution in [0.1, 0.15) is 31.4 Å². The standard InChI is InChI=1S/C13H19F3N4O.HI/c1-17-12(18-8-11-6-7-21-20-11)19-10-4-2-9(3-5-10)13(14,15)16;/h6-7,9-10H,2-5,8H2,1H3,(H2,17,18,19);1H. The number of halogens is 4. The monoisotopic (exact) mass is 432 g/mol. The number of rotatable bonds is 3. The lowest BCUT2D eigenvalue weighted by Gasteiger charge is -2.31. The zero-order chi connectivity index (χ0) is 15.3. The van der Waals surface area contributed by atoms with Crippen LogP contribution in [-0.4, -0.2) is 30.4 Å². The minimum absolute atomic E-state index is 0. The molecule has 0 atom stereocenters. The number of guanidine groups is 1. The molecule has 0 radical (unpaired) electrons. The largest absolute Gasteiger partial charge is 0.391 e. The van der Waals surface area contributed by atoms with Crippen LogP contribution < -0.4 is 10.6 Å². The molecule has 1 aliphatic carbocycles. The molecule has 0 amide bonds. The topological polar surface area (TPSA) is 62.5 Å². The van der Waals surface area contributed by atoms with E-state index in [9.17, 15) is 13.2 Å². The third-order valence-electron chi connectivity index (χ3n) is 3.68. The Bertz CT molecular complexity index is 456. The zero-order valence-corrected chi connectivity index (χ0v) is 14.5. The van der Waals surface area contributed by atoms with Gasteiger partial charge in [-0.05, 0) is 25.7 Å². The molecule has 1 heterocycles. The van der Waals surface area contributed by atoms with E-state index in [4.69, 9.17) is 4.52 Å². The minimum Gasteiger partial charge on any atom is -0.364 e. The van der Waals surface area contributed by atoms with E-state index in [0.717, 1.165) is 5.69 Å². The number of hydrogen-bond acceptors (Lipinski definition) is 3. The molecule has 1 aromatic heterocycles. The maximum absolute atomic E-state index is 12.6. The first-order valence-electron chi connectivity index (χ1n) is 6.92. The summed E-state index contributed by atoms with van der Waals surface area (Å²) in [5.41, 5.74) is 0.735. The van der Waals surface area contributed by atoms with Crippen LogP contribution >= 0.6 is 24.0 Å². The Morgan fingerprint density at radius 2 is 2.05 bits per heavy atom. The summed E-state index contributed by atoms with van der Waals surface area (Å²) in [6.07, 6.45) is -1.27. The van der Waals surface area contributed by atoms with Crippen LogP contribution in [0.4, 0.5) is 13.2 Å². The average Bonchev–Trinajstić information content (AvgIpc) is 2.96. The maximum atomic E-state index is 12.6. The Balaban J connectivity index is 0.00000242. The molecule has 0 aliphatic heterocycles. The molecule has 1 fully saturated rings. The predicted molar refractivity (Wildman–Crippen MR) is 87.1 cm³/mol. The van der Waals surface area contributed by atoms with Gasteiger partial charge in [-0.2, -0.15) is 13.2 Å². The van der Waals surface area contributed by atoms with Crippen molar-refractivity contribution in [3.8, 4) is 0 Å². The highest BCUT2D eigenvalue weighted by Gasteiger charge is 2.41. The molecule has 1 aliphatic rings. The first kappa shape index (κ1) is 19.0. The van der Waals surface area contributed by atoms with Crippen molar-refractivity contribution >= 4 is 29.9 Å². The summed E-state index contributed by atoms with van der Waals surface area (Å²) in [5, 5.41) is 9.97. The van der Waals surface area contributed by atoms with Crippen molar-refractivity contribution < 1.29 is 17.7 Å². The van der Waals surface area contributed by atoms with Gasteiger partial charge in [0.15, 0.2) is 5.96 Å². The highest BCUT2D eigenvalue weighted by molar-refractivity contribution is 14.0. The first-order valence-corrected chi connectivity index (χ1v) is 6.92. The molecule has 2 N–H and O–H groups in total. The van der Waals surface area contributed by atoms with Gasteiger partial charge < -0.3 is 15.2 Å². The maximum Gasteiger partial charge on any atom is 0.391 e. The van der Waals surface area contributed by atoms with Crippen LogP contribution in [0.2, 0.25) is 0 Å². The molecule has 0 spiro atoms. The fourth-order valence-corrected chi connectivity index (χ4v) is 2.46. The number of alkyl halides is 3. The van der Waals surface area contributed by atoms with Crippen molar-refractivity contribution in [2.45, 2.75) is 44.4 Å². The summed E-state index contributed by atoms with van der Waals surface area (Å²) >= 11 is 0. The average molecular weight is 432 g/mol. The second-order valence-electron chi connectivity index (χ2n) is 5.15. The second kappa shape index (κ2) is 8.59. The van der Waals surface area contributed by atoms with E-state index >= 15 is 0 Å². The van der Waals surface area contributed by atoms with Gasteiger partial charge in [-0.25, -0.2) is 0 Å². The van der Waals surface area contributed by atoms with E-state index in [1.165, 1.54) is 6.26 Å². The molecule has 0 aromatic carbocycles. The van der Waals surface area contributed by atoms with Crippen LogP contribution in [0, 0.1) is 5.92 Å². The van der Waals surface area contributed by atoms with Crippen LogP contribution in [0.25, 0.3) is 0 Å². The van der Waals surface area contributed by atoms with Gasteiger partial charge in [0.2, 0.25) is 0 Å². The molecule has 0 saturated heterocycles. The van der Waals surface area contributed by atoms with Gasteiger partial charge in [-0.3, -0.25) is 4.99 Å². The Kier molecular flexibility index (Phi) is 7.43. The number of nitrogens with one attached hydrogen (secondary N) is 2. The van der Waals surface area contributed by atoms with Crippen molar-refractivity contribution in [3.05, 3.63) is 18.0 Å². The predicted octanol–water partition coefficient (Wildman–Crippen LogP) is 3.08. The molecular weight excluding hydrogens is 412 g/mol. The fourth-order valence-electron chi connectivity index (χ4n) is 2.46. The van der Waals surface area contributed by atoms with E-state index in [1.807, 2.05) is 0 Å². The highest BCUT2D eigenvalue weighted by atomic mass is 127. The summed E-state index contributed by atoms with van der Waals surface area (Å²) in [4.78, 5) is 4.06. The zero-order valence-electron chi connectivity index (χ0n) is 12.2. The van der Waals surface area contributed by atoms with Gasteiger partial charge in [0.1, 0.15) is 12.0 Å². The number of nitrogens with zero attached hydrogens (tertiary/aromatic N) is 2. The van der Waals surface area contributed by atoms with Crippen molar-refractivity contribution in [2.24, 2.45) is 10.9 Å². The molecule has 1 saturated carbocycles. The van der Waals surface area contributed by atoms with Gasteiger partial charge >= 0.3 is 6.18 Å². The van der Waals surface area contributed by atoms with E-state index in [-0.39, 0.29) is 42.9 Å². The Hall–Kier alpha value is -1.00. The first-order chi connectivity index (χ1) is 9.99. The van der Waals surface area contributed by atoms with Gasteiger partial charge in [0.05, 0.1) is 12.5 Å². The molecular formula is C13H20F3IN4O. The summed E-state index contributed by atoms with van der Waals surface area (Å²) in [6, 6.07) is 1.75. The number of aliphatic imine (C=N–C) groups is 1. The smallest absolute Gasteiger partial charge is 0.364 e. The van der Waals surface area contributed by atoms with Crippen molar-refractivity contribution in [2.75, 3.05) is 7.05 Å². The Morgan fingerprint density at radius 3 is 2.55 bits per heavy atom. The van der Waals surface area contributed by atoms with Crippen LogP contribution in [0.5, 0.6) is 0 Å². The third kappa shape index (κ3) is 5.65. The normalized spacial score (nSPS) is 22.8.